The van der Waals surface area contributed by atoms with Crippen molar-refractivity contribution >= 4 is 33.3 Å². The van der Waals surface area contributed by atoms with Crippen molar-refractivity contribution < 1.29 is 20.8 Å². The van der Waals surface area contributed by atoms with Gasteiger partial charge in [0.25, 0.3) is 0 Å². The molecule has 1 aliphatic rings. The Labute approximate surface area is 167 Å². The topological polar surface area (TPSA) is 0 Å². The van der Waals surface area contributed by atoms with Gasteiger partial charge in [0.1, 0.15) is 0 Å². The summed E-state index contributed by atoms with van der Waals surface area (Å²) < 4.78 is 0. The molecule has 2 aromatic carbocycles. The SMILES string of the molecule is CC1=Cc2c(-c3ccc(C(C)(C)C)cc3)cccc2C1[Si].[Cl][Zr][Cl]. The van der Waals surface area contributed by atoms with E-state index >= 15 is 0 Å². The Bertz CT molecular complexity index is 730. The number of hydrogen-bond acceptors (Lipinski definition) is 0. The molecule has 4 heteroatoms. The van der Waals surface area contributed by atoms with E-state index in [4.69, 9.17) is 17.0 Å². The molecule has 0 N–H and O–H groups in total. The van der Waals surface area contributed by atoms with E-state index in [1.54, 1.807) is 0 Å². The van der Waals surface area contributed by atoms with Gasteiger partial charge in [-0.25, -0.2) is 0 Å². The van der Waals surface area contributed by atoms with Gasteiger partial charge in [0.15, 0.2) is 0 Å². The summed E-state index contributed by atoms with van der Waals surface area (Å²) in [5, 5.41) is 0. The van der Waals surface area contributed by atoms with Gasteiger partial charge in [0, 0.05) is 10.2 Å². The predicted octanol–water partition coefficient (Wildman–Crippen LogP) is 6.65. The van der Waals surface area contributed by atoms with E-state index in [0.717, 1.165) is 0 Å². The summed E-state index contributed by atoms with van der Waals surface area (Å²) in [4.78, 5) is 0. The molecule has 0 heterocycles. The molecule has 0 bridgehead atoms. The van der Waals surface area contributed by atoms with Crippen LogP contribution in [0.2, 0.25) is 0 Å². The second-order valence-corrected chi connectivity index (χ2v) is 11.3. The van der Waals surface area contributed by atoms with Crippen molar-refractivity contribution in [2.24, 2.45) is 0 Å². The summed E-state index contributed by atoms with van der Waals surface area (Å²) in [5.41, 5.74) is 8.67. The van der Waals surface area contributed by atoms with E-state index in [1.807, 2.05) is 0 Å². The van der Waals surface area contributed by atoms with Crippen LogP contribution in [0.5, 0.6) is 0 Å². The molecule has 3 radical (unpaired) electrons. The Balaban J connectivity index is 0.000000647. The fourth-order valence-electron chi connectivity index (χ4n) is 2.95. The average molecular weight is 452 g/mol. The van der Waals surface area contributed by atoms with E-state index in [1.165, 1.54) is 33.4 Å². The summed E-state index contributed by atoms with van der Waals surface area (Å²) in [6.45, 7) is 8.95. The third kappa shape index (κ3) is 4.52. The third-order valence-corrected chi connectivity index (χ3v) is 5.11. The summed E-state index contributed by atoms with van der Waals surface area (Å²) >= 11 is -0.826. The number of hydrogen-bond donors (Lipinski definition) is 0. The quantitative estimate of drug-likeness (QED) is 0.426. The third-order valence-electron chi connectivity index (χ3n) is 4.34. The van der Waals surface area contributed by atoms with Crippen LogP contribution in [0.3, 0.4) is 0 Å². The van der Waals surface area contributed by atoms with Gasteiger partial charge in [-0.15, -0.1) is 0 Å². The molecule has 3 rings (SSSR count). The molecule has 24 heavy (non-hydrogen) atoms. The molecule has 0 saturated heterocycles. The number of fused-ring (bicyclic) bond motifs is 1. The first kappa shape index (κ1) is 20.2. The van der Waals surface area contributed by atoms with Crippen molar-refractivity contribution in [3.8, 4) is 11.1 Å². The van der Waals surface area contributed by atoms with Gasteiger partial charge < -0.3 is 0 Å². The van der Waals surface area contributed by atoms with Crippen LogP contribution in [0.1, 0.15) is 49.9 Å². The number of halogens is 2. The van der Waals surface area contributed by atoms with Crippen LogP contribution < -0.4 is 0 Å². The predicted molar refractivity (Wildman–Crippen MR) is 104 cm³/mol. The van der Waals surface area contributed by atoms with E-state index in [-0.39, 0.29) is 5.41 Å². The van der Waals surface area contributed by atoms with E-state index in [9.17, 15) is 0 Å². The molecule has 0 aromatic heterocycles. The Morgan fingerprint density at radius 3 is 2.12 bits per heavy atom. The molecule has 0 spiro atoms. The molecule has 1 atom stereocenters. The van der Waals surface area contributed by atoms with E-state index < -0.39 is 20.8 Å². The fourth-order valence-corrected chi connectivity index (χ4v) is 3.29. The summed E-state index contributed by atoms with van der Waals surface area (Å²) in [7, 11) is 13.7. The maximum absolute atomic E-state index is 4.93. The Kier molecular flexibility index (Phi) is 7.14. The van der Waals surface area contributed by atoms with Crippen molar-refractivity contribution in [2.45, 2.75) is 38.7 Å². The van der Waals surface area contributed by atoms with Crippen molar-refractivity contribution in [1.82, 2.24) is 0 Å². The first-order valence-corrected chi connectivity index (χ1v) is 14.8. The minimum absolute atomic E-state index is 0.203. The molecule has 0 nitrogen and oxygen atoms in total. The van der Waals surface area contributed by atoms with Crippen LogP contribution in [0.15, 0.2) is 48.0 Å². The summed E-state index contributed by atoms with van der Waals surface area (Å²) in [6.07, 6.45) is 2.31. The van der Waals surface area contributed by atoms with Crippen LogP contribution in [-0.4, -0.2) is 10.2 Å². The van der Waals surface area contributed by atoms with Crippen LogP contribution in [0.4, 0.5) is 0 Å². The molecule has 2 aromatic rings. The average Bonchev–Trinajstić information content (AvgIpc) is 2.82. The number of benzene rings is 2. The second kappa shape index (κ2) is 8.49. The van der Waals surface area contributed by atoms with Crippen LogP contribution in [0, 0.1) is 0 Å². The van der Waals surface area contributed by atoms with Crippen molar-refractivity contribution in [1.29, 1.82) is 0 Å². The molecular formula is C20H21Cl2SiZr. The Hall–Kier alpha value is -0.140. The van der Waals surface area contributed by atoms with Gasteiger partial charge in [-0.05, 0) is 45.7 Å². The van der Waals surface area contributed by atoms with Gasteiger partial charge in [0.2, 0.25) is 0 Å². The fraction of sp³-hybridized carbons (Fsp3) is 0.300. The molecule has 0 fully saturated rings. The summed E-state index contributed by atoms with van der Waals surface area (Å²) in [5.74, 6) is 0. The normalized spacial score (nSPS) is 16.0. The van der Waals surface area contributed by atoms with Gasteiger partial charge in [0.05, 0.1) is 0 Å². The molecule has 0 saturated carbocycles. The Morgan fingerprint density at radius 1 is 1.00 bits per heavy atom. The van der Waals surface area contributed by atoms with Crippen molar-refractivity contribution in [3.63, 3.8) is 0 Å². The monoisotopic (exact) mass is 449 g/mol. The maximum atomic E-state index is 4.93. The first-order chi connectivity index (χ1) is 11.3. The molecule has 0 aliphatic heterocycles. The van der Waals surface area contributed by atoms with Crippen molar-refractivity contribution in [2.75, 3.05) is 0 Å². The van der Waals surface area contributed by atoms with Crippen LogP contribution >= 0.6 is 17.0 Å². The van der Waals surface area contributed by atoms with Gasteiger partial charge in [-0.1, -0.05) is 74.9 Å². The van der Waals surface area contributed by atoms with Gasteiger partial charge in [-0.3, -0.25) is 0 Å². The van der Waals surface area contributed by atoms with E-state index in [2.05, 4.69) is 86.5 Å². The Morgan fingerprint density at radius 2 is 1.58 bits per heavy atom. The summed E-state index contributed by atoms with van der Waals surface area (Å²) in [6, 6.07) is 15.6. The number of allylic oxidation sites excluding steroid dienone is 1. The zero-order valence-corrected chi connectivity index (χ0v) is 19.4. The van der Waals surface area contributed by atoms with Crippen LogP contribution in [0.25, 0.3) is 17.2 Å². The number of rotatable bonds is 1. The molecule has 0 amide bonds. The zero-order chi connectivity index (χ0) is 17.9. The molecule has 123 valence electrons. The zero-order valence-electron chi connectivity index (χ0n) is 14.5. The minimum atomic E-state index is -0.826. The molecular weight excluding hydrogens is 430 g/mol. The molecule has 1 aliphatic carbocycles. The van der Waals surface area contributed by atoms with E-state index in [0.29, 0.717) is 5.54 Å². The first-order valence-electron chi connectivity index (χ1n) is 7.89. The van der Waals surface area contributed by atoms with Crippen LogP contribution in [-0.2, 0) is 26.3 Å². The standard InChI is InChI=1S/C20H21Si.2ClH.Zr/c1-13-12-18-16(6-5-7-17(18)19(13)21)14-8-10-15(11-9-14)20(2,3)4;;;/h5-12,19H,1-4H3;2*1H;/q;;;+2/p-2. The van der Waals surface area contributed by atoms with Gasteiger partial charge in [-0.2, -0.15) is 0 Å². The van der Waals surface area contributed by atoms with Gasteiger partial charge >= 0.3 is 37.9 Å². The second-order valence-electron chi connectivity index (χ2n) is 7.03. The van der Waals surface area contributed by atoms with Crippen molar-refractivity contribution in [3.05, 3.63) is 64.7 Å². The molecule has 1 unspecified atom stereocenters.